The van der Waals surface area contributed by atoms with Gasteiger partial charge in [0.2, 0.25) is 0 Å². The van der Waals surface area contributed by atoms with Crippen molar-refractivity contribution in [1.82, 2.24) is 10.3 Å². The summed E-state index contributed by atoms with van der Waals surface area (Å²) >= 11 is 0. The van der Waals surface area contributed by atoms with Crippen LogP contribution in [0, 0.1) is 0 Å². The topological polar surface area (TPSA) is 48.0 Å². The number of H-pyrrole nitrogens is 1. The van der Waals surface area contributed by atoms with Crippen molar-refractivity contribution in [2.24, 2.45) is 0 Å². The maximum Gasteiger partial charge on any atom is 0.139 e. The number of aromatic hydroxyl groups is 1. The largest absolute Gasteiger partial charge is 0.506 e. The second-order valence-electron chi connectivity index (χ2n) is 3.04. The first kappa shape index (κ1) is 8.13. The summed E-state index contributed by atoms with van der Waals surface area (Å²) in [5, 5.41) is 13.7. The molecule has 1 aromatic carbocycles. The van der Waals surface area contributed by atoms with Crippen LogP contribution in [-0.4, -0.2) is 17.1 Å². The van der Waals surface area contributed by atoms with Crippen molar-refractivity contribution in [3.8, 4) is 5.75 Å². The van der Waals surface area contributed by atoms with Gasteiger partial charge in [-0.05, 0) is 18.7 Å². The van der Waals surface area contributed by atoms with Gasteiger partial charge in [-0.2, -0.15) is 0 Å². The summed E-state index contributed by atoms with van der Waals surface area (Å²) in [6.45, 7) is 0.809. The summed E-state index contributed by atoms with van der Waals surface area (Å²) < 4.78 is 0. The van der Waals surface area contributed by atoms with Crippen molar-refractivity contribution >= 4 is 10.9 Å². The Labute approximate surface area is 76.4 Å². The molecule has 0 aliphatic rings. The molecule has 0 atom stereocenters. The number of aromatic nitrogens is 1. The number of phenolic OH excluding ortho intramolecular Hbond substituents is 1. The van der Waals surface area contributed by atoms with E-state index in [0.717, 1.165) is 17.4 Å². The molecule has 0 bridgehead atoms. The number of para-hydroxylation sites is 1. The molecule has 0 saturated heterocycles. The number of hydrogen-bond donors (Lipinski definition) is 3. The van der Waals surface area contributed by atoms with E-state index in [1.807, 2.05) is 25.4 Å². The molecule has 13 heavy (non-hydrogen) atoms. The lowest BCUT2D eigenvalue weighted by molar-refractivity contribution is 0.480. The van der Waals surface area contributed by atoms with Crippen molar-refractivity contribution in [2.75, 3.05) is 7.05 Å². The van der Waals surface area contributed by atoms with Crippen molar-refractivity contribution in [3.05, 3.63) is 30.0 Å². The molecule has 3 N–H and O–H groups in total. The summed E-state index contributed by atoms with van der Waals surface area (Å²) in [5.41, 5.74) is 1.99. The predicted molar refractivity (Wildman–Crippen MR) is 52.7 cm³/mol. The van der Waals surface area contributed by atoms with Crippen LogP contribution in [0.15, 0.2) is 24.4 Å². The van der Waals surface area contributed by atoms with Gasteiger partial charge in [0, 0.05) is 18.1 Å². The Morgan fingerprint density at radius 2 is 2.31 bits per heavy atom. The highest BCUT2D eigenvalue weighted by atomic mass is 16.3. The fourth-order valence-electron chi connectivity index (χ4n) is 1.53. The van der Waals surface area contributed by atoms with Crippen molar-refractivity contribution in [2.45, 2.75) is 6.54 Å². The minimum Gasteiger partial charge on any atom is -0.506 e. The van der Waals surface area contributed by atoms with Crippen LogP contribution in [0.25, 0.3) is 10.9 Å². The number of nitrogens with one attached hydrogen (secondary N) is 2. The van der Waals surface area contributed by atoms with Gasteiger partial charge in [-0.15, -0.1) is 0 Å². The van der Waals surface area contributed by atoms with E-state index in [1.165, 1.54) is 5.56 Å². The second kappa shape index (κ2) is 3.11. The Kier molecular flexibility index (Phi) is 1.94. The third kappa shape index (κ3) is 1.27. The molecular formula is C10H12N2O. The Morgan fingerprint density at radius 1 is 1.46 bits per heavy atom. The van der Waals surface area contributed by atoms with Crippen molar-refractivity contribution < 1.29 is 5.11 Å². The fourth-order valence-corrected chi connectivity index (χ4v) is 1.53. The molecule has 3 nitrogen and oxygen atoms in total. The van der Waals surface area contributed by atoms with Gasteiger partial charge in [-0.25, -0.2) is 0 Å². The minimum absolute atomic E-state index is 0.305. The Balaban J connectivity index is 2.61. The first-order valence-corrected chi connectivity index (χ1v) is 4.25. The molecule has 3 heteroatoms. The maximum atomic E-state index is 9.50. The lowest BCUT2D eigenvalue weighted by Crippen LogP contribution is -2.03. The van der Waals surface area contributed by atoms with Gasteiger partial charge in [0.1, 0.15) is 5.75 Å². The van der Waals surface area contributed by atoms with E-state index in [4.69, 9.17) is 0 Å². The SMILES string of the molecule is CNCc1c[nH]c2c(O)cccc12. The van der Waals surface area contributed by atoms with Crippen LogP contribution in [-0.2, 0) is 6.54 Å². The standard InChI is InChI=1S/C10H12N2O/c1-11-5-7-6-12-10-8(7)3-2-4-9(10)13/h2-4,6,11-13H,5H2,1H3. The highest BCUT2D eigenvalue weighted by Crippen LogP contribution is 2.25. The number of rotatable bonds is 2. The van der Waals surface area contributed by atoms with Crippen molar-refractivity contribution in [3.63, 3.8) is 0 Å². The van der Waals surface area contributed by atoms with Gasteiger partial charge in [0.05, 0.1) is 5.52 Å². The molecule has 0 unspecified atom stereocenters. The van der Waals surface area contributed by atoms with Crippen LogP contribution in [0.1, 0.15) is 5.56 Å². The zero-order chi connectivity index (χ0) is 9.26. The van der Waals surface area contributed by atoms with Crippen LogP contribution in [0.3, 0.4) is 0 Å². The highest BCUT2D eigenvalue weighted by molar-refractivity contribution is 5.87. The number of fused-ring (bicyclic) bond motifs is 1. The lowest BCUT2D eigenvalue weighted by Gasteiger charge is -1.97. The average molecular weight is 176 g/mol. The molecule has 0 fully saturated rings. The van der Waals surface area contributed by atoms with E-state index in [9.17, 15) is 5.11 Å². The first-order chi connectivity index (χ1) is 6.33. The lowest BCUT2D eigenvalue weighted by atomic mass is 10.1. The molecule has 0 amide bonds. The molecule has 1 heterocycles. The molecular weight excluding hydrogens is 164 g/mol. The van der Waals surface area contributed by atoms with E-state index in [1.54, 1.807) is 6.07 Å². The number of aromatic amines is 1. The first-order valence-electron chi connectivity index (χ1n) is 4.25. The predicted octanol–water partition coefficient (Wildman–Crippen LogP) is 1.59. The highest BCUT2D eigenvalue weighted by Gasteiger charge is 2.04. The summed E-state index contributed by atoms with van der Waals surface area (Å²) in [7, 11) is 1.90. The van der Waals surface area contributed by atoms with E-state index < -0.39 is 0 Å². The van der Waals surface area contributed by atoms with Gasteiger partial charge >= 0.3 is 0 Å². The number of hydrogen-bond acceptors (Lipinski definition) is 2. The maximum absolute atomic E-state index is 9.50. The molecule has 2 rings (SSSR count). The summed E-state index contributed by atoms with van der Waals surface area (Å²) in [6.07, 6.45) is 1.92. The summed E-state index contributed by atoms with van der Waals surface area (Å²) in [4.78, 5) is 3.05. The van der Waals surface area contributed by atoms with E-state index in [0.29, 0.717) is 5.75 Å². The summed E-state index contributed by atoms with van der Waals surface area (Å²) in [6, 6.07) is 5.53. The molecule has 0 spiro atoms. The van der Waals surface area contributed by atoms with Gasteiger partial charge in [-0.3, -0.25) is 0 Å². The molecule has 0 aliphatic carbocycles. The van der Waals surface area contributed by atoms with Gasteiger partial charge in [0.25, 0.3) is 0 Å². The Hall–Kier alpha value is -1.48. The Bertz CT molecular complexity index is 420. The monoisotopic (exact) mass is 176 g/mol. The molecule has 68 valence electrons. The minimum atomic E-state index is 0.305. The van der Waals surface area contributed by atoms with E-state index in [-0.39, 0.29) is 0 Å². The third-order valence-electron chi connectivity index (χ3n) is 2.15. The van der Waals surface area contributed by atoms with Gasteiger partial charge in [0.15, 0.2) is 0 Å². The number of phenols is 1. The normalized spacial score (nSPS) is 10.8. The van der Waals surface area contributed by atoms with Crippen LogP contribution >= 0.6 is 0 Å². The van der Waals surface area contributed by atoms with Crippen LogP contribution in [0.2, 0.25) is 0 Å². The zero-order valence-electron chi connectivity index (χ0n) is 7.46. The fraction of sp³-hybridized carbons (Fsp3) is 0.200. The van der Waals surface area contributed by atoms with Crippen LogP contribution in [0.4, 0.5) is 0 Å². The average Bonchev–Trinajstić information content (AvgIpc) is 2.51. The van der Waals surface area contributed by atoms with E-state index in [2.05, 4.69) is 10.3 Å². The Morgan fingerprint density at radius 3 is 3.08 bits per heavy atom. The molecule has 1 aromatic heterocycles. The van der Waals surface area contributed by atoms with Gasteiger partial charge < -0.3 is 15.4 Å². The smallest absolute Gasteiger partial charge is 0.139 e. The molecule has 0 aliphatic heterocycles. The van der Waals surface area contributed by atoms with Crippen LogP contribution in [0.5, 0.6) is 5.75 Å². The number of benzene rings is 1. The zero-order valence-corrected chi connectivity index (χ0v) is 7.46. The second-order valence-corrected chi connectivity index (χ2v) is 3.04. The van der Waals surface area contributed by atoms with Crippen molar-refractivity contribution in [1.29, 1.82) is 0 Å². The van der Waals surface area contributed by atoms with Gasteiger partial charge in [-0.1, -0.05) is 12.1 Å². The van der Waals surface area contributed by atoms with Crippen LogP contribution < -0.4 is 5.32 Å². The molecule has 0 radical (unpaired) electrons. The van der Waals surface area contributed by atoms with E-state index >= 15 is 0 Å². The molecule has 0 saturated carbocycles. The summed E-state index contributed by atoms with van der Waals surface area (Å²) in [5.74, 6) is 0.305. The quantitative estimate of drug-likeness (QED) is 0.650. The third-order valence-corrected chi connectivity index (χ3v) is 2.15. The molecule has 2 aromatic rings.